The first-order valence-electron chi connectivity index (χ1n) is 10.4. The lowest BCUT2D eigenvalue weighted by molar-refractivity contribution is 0.0980. The number of carbonyl (C=O) groups excluding carboxylic acids is 1. The van der Waals surface area contributed by atoms with Gasteiger partial charge in [0.15, 0.2) is 0 Å². The summed E-state index contributed by atoms with van der Waals surface area (Å²) in [6, 6.07) is 18.8. The molecule has 0 spiro atoms. The van der Waals surface area contributed by atoms with Crippen LogP contribution < -0.4 is 9.46 Å². The van der Waals surface area contributed by atoms with Crippen LogP contribution in [0, 0.1) is 0 Å². The number of para-hydroxylation sites is 1. The van der Waals surface area contributed by atoms with E-state index < -0.39 is 15.9 Å². The first-order valence-corrected chi connectivity index (χ1v) is 12.3. The predicted octanol–water partition coefficient (Wildman–Crippen LogP) is 6.04. The Labute approximate surface area is 194 Å². The van der Waals surface area contributed by atoms with Gasteiger partial charge in [0.25, 0.3) is 15.9 Å². The first kappa shape index (κ1) is 23.8. The Hall–Kier alpha value is -2.83. The number of hydrogen-bond donors (Lipinski definition) is 1. The molecule has 0 aliphatic rings. The number of ether oxygens (including phenoxy) is 1. The molecule has 0 saturated carbocycles. The molecule has 0 fully saturated rings. The average Bonchev–Trinajstić information content (AvgIpc) is 2.77. The van der Waals surface area contributed by atoms with Crippen LogP contribution in [0.5, 0.6) is 5.75 Å². The minimum Gasteiger partial charge on any atom is -0.493 e. The van der Waals surface area contributed by atoms with Crippen LogP contribution in [0.4, 0.5) is 0 Å². The third-order valence-corrected chi connectivity index (χ3v) is 6.53. The van der Waals surface area contributed by atoms with Crippen LogP contribution in [0.25, 0.3) is 11.1 Å². The molecule has 1 amide bonds. The first-order chi connectivity index (χ1) is 15.2. The smallest absolute Gasteiger partial charge is 0.265 e. The van der Waals surface area contributed by atoms with Crippen molar-refractivity contribution < 1.29 is 17.9 Å². The second kappa shape index (κ2) is 10.2. The third kappa shape index (κ3) is 5.50. The number of sulfonamides is 1. The fourth-order valence-corrected chi connectivity index (χ4v) is 4.40. The molecule has 0 aromatic heterocycles. The van der Waals surface area contributed by atoms with E-state index in [4.69, 9.17) is 16.3 Å². The number of carbonyl (C=O) groups is 1. The zero-order chi connectivity index (χ0) is 23.3. The molecule has 0 aliphatic heterocycles. The maximum atomic E-state index is 12.9. The van der Waals surface area contributed by atoms with Gasteiger partial charge in [-0.1, -0.05) is 56.6 Å². The number of benzene rings is 3. The van der Waals surface area contributed by atoms with Gasteiger partial charge in [0.1, 0.15) is 5.75 Å². The van der Waals surface area contributed by atoms with Crippen molar-refractivity contribution in [3.8, 4) is 16.9 Å². The van der Waals surface area contributed by atoms with Crippen LogP contribution >= 0.6 is 11.6 Å². The molecule has 3 aromatic carbocycles. The Bertz CT molecular complexity index is 1200. The van der Waals surface area contributed by atoms with E-state index in [2.05, 4.69) is 4.72 Å². The third-order valence-electron chi connectivity index (χ3n) is 4.93. The molecule has 0 heterocycles. The summed E-state index contributed by atoms with van der Waals surface area (Å²) in [7, 11) is -4.02. The zero-order valence-electron chi connectivity index (χ0n) is 18.3. The van der Waals surface area contributed by atoms with Crippen molar-refractivity contribution >= 4 is 27.5 Å². The zero-order valence-corrected chi connectivity index (χ0v) is 19.8. The van der Waals surface area contributed by atoms with E-state index in [-0.39, 0.29) is 10.8 Å². The van der Waals surface area contributed by atoms with E-state index in [1.807, 2.05) is 57.2 Å². The van der Waals surface area contributed by atoms with Gasteiger partial charge in [-0.05, 0) is 65.9 Å². The van der Waals surface area contributed by atoms with Crippen molar-refractivity contribution in [2.45, 2.75) is 38.0 Å². The van der Waals surface area contributed by atoms with Gasteiger partial charge in [-0.15, -0.1) is 0 Å². The summed E-state index contributed by atoms with van der Waals surface area (Å²) < 4.78 is 33.3. The van der Waals surface area contributed by atoms with Crippen molar-refractivity contribution in [2.24, 2.45) is 0 Å². The molecule has 0 atom stereocenters. The number of rotatable bonds is 8. The van der Waals surface area contributed by atoms with Gasteiger partial charge in [-0.3, -0.25) is 4.79 Å². The van der Waals surface area contributed by atoms with E-state index in [0.717, 1.165) is 28.9 Å². The second-order valence-corrected chi connectivity index (χ2v) is 9.81. The molecule has 5 nitrogen and oxygen atoms in total. The molecule has 32 heavy (non-hydrogen) atoms. The Morgan fingerprint density at radius 2 is 1.72 bits per heavy atom. The van der Waals surface area contributed by atoms with Crippen LogP contribution in [0.1, 0.15) is 49.0 Å². The van der Waals surface area contributed by atoms with E-state index in [0.29, 0.717) is 17.2 Å². The lowest BCUT2D eigenvalue weighted by atomic mass is 9.92. The standard InChI is InChI=1S/C25H26ClNO4S/c1-4-15-31-24-8-6-5-7-21(24)18-9-14-22(23(16-18)17(2)3)25(28)27-32(29,30)20-12-10-19(26)11-13-20/h5-14,16-17H,4,15H2,1-3H3,(H,27,28). The fraction of sp³-hybridized carbons (Fsp3) is 0.240. The van der Waals surface area contributed by atoms with E-state index in [1.54, 1.807) is 6.07 Å². The van der Waals surface area contributed by atoms with Crippen molar-refractivity contribution in [2.75, 3.05) is 6.61 Å². The molecular weight excluding hydrogens is 446 g/mol. The number of halogens is 1. The van der Waals surface area contributed by atoms with Crippen LogP contribution in [0.2, 0.25) is 5.02 Å². The highest BCUT2D eigenvalue weighted by Gasteiger charge is 2.22. The average molecular weight is 472 g/mol. The Morgan fingerprint density at radius 1 is 1.03 bits per heavy atom. The largest absolute Gasteiger partial charge is 0.493 e. The summed E-state index contributed by atoms with van der Waals surface area (Å²) in [6.45, 7) is 6.58. The molecule has 1 N–H and O–H groups in total. The van der Waals surface area contributed by atoms with Gasteiger partial charge in [-0.2, -0.15) is 0 Å². The normalized spacial score (nSPS) is 11.4. The van der Waals surface area contributed by atoms with Crippen molar-refractivity contribution in [3.05, 3.63) is 82.9 Å². The summed E-state index contributed by atoms with van der Waals surface area (Å²) >= 11 is 5.83. The Kier molecular flexibility index (Phi) is 7.59. The monoisotopic (exact) mass is 471 g/mol. The minimum absolute atomic E-state index is 0.00217. The molecule has 0 radical (unpaired) electrons. The SMILES string of the molecule is CCCOc1ccccc1-c1ccc(C(=O)NS(=O)(=O)c2ccc(Cl)cc2)c(C(C)C)c1. The van der Waals surface area contributed by atoms with Crippen molar-refractivity contribution in [3.63, 3.8) is 0 Å². The molecule has 0 saturated heterocycles. The summed E-state index contributed by atoms with van der Waals surface area (Å²) in [5, 5.41) is 0.413. The van der Waals surface area contributed by atoms with E-state index in [1.165, 1.54) is 24.3 Å². The molecule has 0 aliphatic carbocycles. The summed E-state index contributed by atoms with van der Waals surface area (Å²) in [5.74, 6) is 0.0925. The molecule has 7 heteroatoms. The van der Waals surface area contributed by atoms with Crippen LogP contribution in [0.15, 0.2) is 71.6 Å². The van der Waals surface area contributed by atoms with Gasteiger partial charge < -0.3 is 4.74 Å². The highest BCUT2D eigenvalue weighted by molar-refractivity contribution is 7.90. The predicted molar refractivity (Wildman–Crippen MR) is 128 cm³/mol. The molecule has 3 rings (SSSR count). The van der Waals surface area contributed by atoms with Crippen LogP contribution in [-0.4, -0.2) is 20.9 Å². The maximum absolute atomic E-state index is 12.9. The van der Waals surface area contributed by atoms with Gasteiger partial charge in [0.2, 0.25) is 0 Å². The summed E-state index contributed by atoms with van der Waals surface area (Å²) in [5.41, 5.74) is 2.88. The second-order valence-electron chi connectivity index (χ2n) is 7.69. The number of nitrogens with one attached hydrogen (secondary N) is 1. The quantitative estimate of drug-likeness (QED) is 0.434. The van der Waals surface area contributed by atoms with Crippen LogP contribution in [0.3, 0.4) is 0 Å². The molecule has 168 valence electrons. The number of amides is 1. The van der Waals surface area contributed by atoms with Gasteiger partial charge in [0, 0.05) is 16.1 Å². The molecule has 0 unspecified atom stereocenters. The van der Waals surface area contributed by atoms with E-state index in [9.17, 15) is 13.2 Å². The molecule has 3 aromatic rings. The summed E-state index contributed by atoms with van der Waals surface area (Å²) in [6.07, 6.45) is 0.896. The van der Waals surface area contributed by atoms with Crippen LogP contribution in [-0.2, 0) is 10.0 Å². The minimum atomic E-state index is -4.02. The highest BCUT2D eigenvalue weighted by Crippen LogP contribution is 2.33. The fourth-order valence-electron chi connectivity index (χ4n) is 3.31. The van der Waals surface area contributed by atoms with Gasteiger partial charge >= 0.3 is 0 Å². The topological polar surface area (TPSA) is 72.5 Å². The molecular formula is C25H26ClNO4S. The highest BCUT2D eigenvalue weighted by atomic mass is 35.5. The number of hydrogen-bond acceptors (Lipinski definition) is 4. The van der Waals surface area contributed by atoms with E-state index >= 15 is 0 Å². The Balaban J connectivity index is 1.95. The maximum Gasteiger partial charge on any atom is 0.265 e. The lowest BCUT2D eigenvalue weighted by Crippen LogP contribution is -2.31. The van der Waals surface area contributed by atoms with Gasteiger partial charge in [-0.25, -0.2) is 13.1 Å². The van der Waals surface area contributed by atoms with Crippen molar-refractivity contribution in [1.82, 2.24) is 4.72 Å². The molecule has 0 bridgehead atoms. The lowest BCUT2D eigenvalue weighted by Gasteiger charge is -2.17. The van der Waals surface area contributed by atoms with Crippen molar-refractivity contribution in [1.29, 1.82) is 0 Å². The summed E-state index contributed by atoms with van der Waals surface area (Å²) in [4.78, 5) is 12.9. The Morgan fingerprint density at radius 3 is 2.38 bits per heavy atom. The van der Waals surface area contributed by atoms with Gasteiger partial charge in [0.05, 0.1) is 11.5 Å².